The van der Waals surface area contributed by atoms with Crippen molar-refractivity contribution in [2.75, 3.05) is 9.80 Å². The minimum atomic E-state index is 0.0471. The Balaban J connectivity index is 1.59. The summed E-state index contributed by atoms with van der Waals surface area (Å²) in [6, 6.07) is 42.8. The highest BCUT2D eigenvalue weighted by atomic mass is 15.2. The van der Waals surface area contributed by atoms with Crippen LogP contribution in [0.5, 0.6) is 0 Å². The van der Waals surface area contributed by atoms with Crippen molar-refractivity contribution >= 4 is 57.2 Å². The Morgan fingerprint density at radius 1 is 0.524 bits per heavy atom. The molecule has 2 aliphatic rings. The summed E-state index contributed by atoms with van der Waals surface area (Å²) >= 11 is 0. The van der Waals surface area contributed by atoms with Gasteiger partial charge in [0.05, 0.1) is 0 Å². The smallest absolute Gasteiger partial charge is 0.252 e. The molecular weight excluding hydrogens is 507 g/mol. The molecule has 7 rings (SSSR count). The molecule has 0 N–H and O–H groups in total. The lowest BCUT2D eigenvalue weighted by molar-refractivity contribution is 0.412. The monoisotopic (exact) mass is 546 g/mol. The number of nitrogens with zero attached hydrogens (tertiary/aromatic N) is 2. The van der Waals surface area contributed by atoms with Gasteiger partial charge in [0.15, 0.2) is 0 Å². The second-order valence-electron chi connectivity index (χ2n) is 14.1. The van der Waals surface area contributed by atoms with E-state index in [9.17, 15) is 0 Å². The van der Waals surface area contributed by atoms with E-state index in [-0.39, 0.29) is 17.5 Å². The van der Waals surface area contributed by atoms with Crippen LogP contribution in [0.25, 0.3) is 0 Å². The van der Waals surface area contributed by atoms with E-state index in [1.54, 1.807) is 0 Å². The Hall–Kier alpha value is -4.24. The summed E-state index contributed by atoms with van der Waals surface area (Å²) in [7, 11) is 0. The predicted molar refractivity (Wildman–Crippen MR) is 182 cm³/mol. The van der Waals surface area contributed by atoms with Gasteiger partial charge in [0.1, 0.15) is 0 Å². The van der Waals surface area contributed by atoms with Crippen molar-refractivity contribution in [3.05, 3.63) is 126 Å². The standard InChI is InChI=1S/C39H39BN2/c1-38(2,3)26-27-15-13-20-32-36(27)40-31-24-23-28(39(4,5)6)25-35(31)42(30-18-11-8-12-19-30)34-22-14-21-33(37(34)40)41(32)29-16-9-7-10-17-29/h7-25H,26H2,1-6H3. The summed E-state index contributed by atoms with van der Waals surface area (Å²) in [5.41, 5.74) is 14.7. The molecule has 42 heavy (non-hydrogen) atoms. The molecular formula is C39H39BN2. The first-order chi connectivity index (χ1) is 20.1. The lowest BCUT2D eigenvalue weighted by atomic mass is 9.32. The largest absolute Gasteiger partial charge is 0.311 e. The summed E-state index contributed by atoms with van der Waals surface area (Å²) < 4.78 is 0. The molecule has 5 aromatic carbocycles. The number of fused-ring (bicyclic) bond motifs is 4. The molecule has 0 atom stereocenters. The van der Waals surface area contributed by atoms with E-state index >= 15 is 0 Å². The zero-order valence-electron chi connectivity index (χ0n) is 25.6. The van der Waals surface area contributed by atoms with E-state index in [0.29, 0.717) is 0 Å². The molecule has 0 bridgehead atoms. The van der Waals surface area contributed by atoms with Gasteiger partial charge in [-0.15, -0.1) is 0 Å². The van der Waals surface area contributed by atoms with Gasteiger partial charge in [0, 0.05) is 34.1 Å². The van der Waals surface area contributed by atoms with Crippen molar-refractivity contribution in [1.29, 1.82) is 0 Å². The van der Waals surface area contributed by atoms with Crippen molar-refractivity contribution in [2.45, 2.75) is 53.4 Å². The first kappa shape index (κ1) is 26.7. The minimum Gasteiger partial charge on any atom is -0.311 e. The fourth-order valence-corrected chi connectivity index (χ4v) is 6.95. The van der Waals surface area contributed by atoms with Gasteiger partial charge >= 0.3 is 0 Å². The number of para-hydroxylation sites is 2. The van der Waals surface area contributed by atoms with Gasteiger partial charge in [-0.3, -0.25) is 0 Å². The molecule has 5 aromatic rings. The molecule has 0 aromatic heterocycles. The number of rotatable bonds is 3. The van der Waals surface area contributed by atoms with Crippen molar-refractivity contribution < 1.29 is 0 Å². The van der Waals surface area contributed by atoms with Crippen molar-refractivity contribution in [3.8, 4) is 0 Å². The average molecular weight is 547 g/mol. The molecule has 3 heteroatoms. The number of hydrogen-bond acceptors (Lipinski definition) is 2. The Labute approximate surface area is 251 Å². The Morgan fingerprint density at radius 3 is 1.60 bits per heavy atom. The van der Waals surface area contributed by atoms with E-state index in [1.807, 2.05) is 0 Å². The third kappa shape index (κ3) is 4.34. The van der Waals surface area contributed by atoms with Crippen LogP contribution < -0.4 is 26.2 Å². The molecule has 0 spiro atoms. The van der Waals surface area contributed by atoms with E-state index in [4.69, 9.17) is 0 Å². The van der Waals surface area contributed by atoms with Crippen LogP contribution in [0, 0.1) is 5.41 Å². The molecule has 0 saturated heterocycles. The maximum Gasteiger partial charge on any atom is 0.252 e. The zero-order valence-corrected chi connectivity index (χ0v) is 25.6. The summed E-state index contributed by atoms with van der Waals surface area (Å²) in [4.78, 5) is 5.00. The number of hydrogen-bond donors (Lipinski definition) is 0. The summed E-state index contributed by atoms with van der Waals surface area (Å²) in [5, 5.41) is 0. The topological polar surface area (TPSA) is 6.48 Å². The molecule has 2 nitrogen and oxygen atoms in total. The van der Waals surface area contributed by atoms with Gasteiger partial charge in [-0.25, -0.2) is 0 Å². The fourth-order valence-electron chi connectivity index (χ4n) is 6.95. The summed E-state index contributed by atoms with van der Waals surface area (Å²) in [6.07, 6.45) is 1.02. The molecule has 0 saturated carbocycles. The van der Waals surface area contributed by atoms with Crippen LogP contribution in [0.4, 0.5) is 34.1 Å². The molecule has 0 fully saturated rings. The third-order valence-corrected chi connectivity index (χ3v) is 8.73. The fraction of sp³-hybridized carbons (Fsp3) is 0.231. The van der Waals surface area contributed by atoms with Crippen LogP contribution >= 0.6 is 0 Å². The van der Waals surface area contributed by atoms with E-state index < -0.39 is 0 Å². The van der Waals surface area contributed by atoms with Gasteiger partial charge in [-0.05, 0) is 87.7 Å². The van der Waals surface area contributed by atoms with Gasteiger partial charge < -0.3 is 9.80 Å². The molecule has 2 aliphatic heterocycles. The molecule has 0 amide bonds. The molecule has 0 radical (unpaired) electrons. The van der Waals surface area contributed by atoms with Gasteiger partial charge in [0.2, 0.25) is 0 Å². The van der Waals surface area contributed by atoms with Crippen LogP contribution in [0.2, 0.25) is 0 Å². The highest BCUT2D eigenvalue weighted by Crippen LogP contribution is 2.45. The Morgan fingerprint density at radius 2 is 1.05 bits per heavy atom. The van der Waals surface area contributed by atoms with Crippen LogP contribution in [-0.4, -0.2) is 6.71 Å². The highest BCUT2D eigenvalue weighted by molar-refractivity contribution is 7.00. The molecule has 0 aliphatic carbocycles. The summed E-state index contributed by atoms with van der Waals surface area (Å²) in [6.45, 7) is 14.1. The SMILES string of the molecule is CC(C)(C)Cc1cccc2c1B1c3ccc(C(C)(C)C)cc3N(c3ccccc3)c3cccc(c31)N2c1ccccc1. The second kappa shape index (κ2) is 9.66. The first-order valence-corrected chi connectivity index (χ1v) is 15.2. The number of anilines is 6. The summed E-state index contributed by atoms with van der Waals surface area (Å²) in [5.74, 6) is 0. The van der Waals surface area contributed by atoms with Crippen LogP contribution in [0.3, 0.4) is 0 Å². The Kier molecular flexibility index (Phi) is 6.13. The Bertz CT molecular complexity index is 1780. The van der Waals surface area contributed by atoms with Crippen LogP contribution in [0.15, 0.2) is 115 Å². The van der Waals surface area contributed by atoms with Crippen molar-refractivity contribution in [2.24, 2.45) is 5.41 Å². The lowest BCUT2D eigenvalue weighted by Crippen LogP contribution is -2.62. The quantitative estimate of drug-likeness (QED) is 0.205. The molecule has 0 unspecified atom stereocenters. The predicted octanol–water partition coefficient (Wildman–Crippen LogP) is 8.66. The second-order valence-corrected chi connectivity index (χ2v) is 14.1. The maximum absolute atomic E-state index is 2.50. The van der Waals surface area contributed by atoms with Crippen molar-refractivity contribution in [3.63, 3.8) is 0 Å². The van der Waals surface area contributed by atoms with Gasteiger partial charge in [-0.1, -0.05) is 114 Å². The van der Waals surface area contributed by atoms with Gasteiger partial charge in [-0.2, -0.15) is 0 Å². The maximum atomic E-state index is 2.50. The average Bonchev–Trinajstić information content (AvgIpc) is 2.96. The van der Waals surface area contributed by atoms with E-state index in [0.717, 1.165) is 6.42 Å². The van der Waals surface area contributed by atoms with E-state index in [2.05, 4.69) is 167 Å². The van der Waals surface area contributed by atoms with Crippen LogP contribution in [-0.2, 0) is 11.8 Å². The van der Waals surface area contributed by atoms with E-state index in [1.165, 1.54) is 61.6 Å². The normalized spacial score (nSPS) is 13.9. The first-order valence-electron chi connectivity index (χ1n) is 15.2. The molecule has 2 heterocycles. The van der Waals surface area contributed by atoms with Crippen molar-refractivity contribution in [1.82, 2.24) is 0 Å². The van der Waals surface area contributed by atoms with Crippen LogP contribution in [0.1, 0.15) is 52.7 Å². The zero-order chi connectivity index (χ0) is 29.2. The number of benzene rings is 5. The molecule has 208 valence electrons. The third-order valence-electron chi connectivity index (χ3n) is 8.73. The van der Waals surface area contributed by atoms with Gasteiger partial charge in [0.25, 0.3) is 6.71 Å². The lowest BCUT2D eigenvalue weighted by Gasteiger charge is -2.45. The minimum absolute atomic E-state index is 0.0471. The highest BCUT2D eigenvalue weighted by Gasteiger charge is 2.44.